The summed E-state index contributed by atoms with van der Waals surface area (Å²) < 4.78 is 61.2. The molecule has 0 saturated heterocycles. The normalized spacial score (nSPS) is 12.8. The Morgan fingerprint density at radius 1 is 1.02 bits per heavy atom. The van der Waals surface area contributed by atoms with Crippen LogP contribution in [0.1, 0.15) is 60.7 Å². The number of alkyl halides is 3. The Hall–Kier alpha value is -4.80. The first-order valence-electron chi connectivity index (χ1n) is 15.2. The highest BCUT2D eigenvalue weighted by atomic mass is 32.2. The molecule has 1 aromatic heterocycles. The second-order valence-corrected chi connectivity index (χ2v) is 13.7. The molecule has 2 aromatic carbocycles. The number of likely N-dealkylation sites (N-methyl/N-ethyl adjacent to an activating group) is 1. The molecule has 0 spiro atoms. The predicted molar refractivity (Wildman–Crippen MR) is 174 cm³/mol. The van der Waals surface area contributed by atoms with Crippen molar-refractivity contribution in [2.45, 2.75) is 72.1 Å². The molecule has 1 heterocycles. The molecule has 3 aromatic rings. The quantitative estimate of drug-likeness (QED) is 0.267. The zero-order valence-electron chi connectivity index (χ0n) is 28.0. The van der Waals surface area contributed by atoms with Gasteiger partial charge in [-0.1, -0.05) is 56.5 Å². The number of sulfonamides is 1. The first-order valence-corrected chi connectivity index (χ1v) is 16.8. The van der Waals surface area contributed by atoms with Gasteiger partial charge in [-0.15, -0.1) is 0 Å². The molecule has 17 heteroatoms. The zero-order chi connectivity index (χ0) is 37.3. The van der Waals surface area contributed by atoms with E-state index in [2.05, 4.69) is 10.1 Å². The number of aliphatic carboxylic acids is 1. The number of carbonyl (C=O) groups excluding carboxylic acids is 3. The number of rotatable bonds is 13. The van der Waals surface area contributed by atoms with Crippen LogP contribution in [-0.4, -0.2) is 92.2 Å². The molecule has 0 aliphatic rings. The molecule has 3 rings (SSSR count). The Balaban J connectivity index is 0.00000107. The second kappa shape index (κ2) is 17.0. The molecular formula is C32H41F3N6O7S. The molecule has 0 bridgehead atoms. The minimum atomic E-state index is -5.08. The van der Waals surface area contributed by atoms with Gasteiger partial charge in [0.25, 0.3) is 11.8 Å². The zero-order valence-corrected chi connectivity index (χ0v) is 28.8. The maximum absolute atomic E-state index is 14.4. The summed E-state index contributed by atoms with van der Waals surface area (Å²) >= 11 is 0. The van der Waals surface area contributed by atoms with Gasteiger partial charge in [0.15, 0.2) is 0 Å². The fourth-order valence-electron chi connectivity index (χ4n) is 4.92. The largest absolute Gasteiger partial charge is 0.490 e. The second-order valence-electron chi connectivity index (χ2n) is 11.7. The number of nitrogens with zero attached hydrogens (tertiary/aromatic N) is 5. The molecule has 49 heavy (non-hydrogen) atoms. The van der Waals surface area contributed by atoms with Crippen molar-refractivity contribution in [2.75, 3.05) is 12.8 Å². The summed E-state index contributed by atoms with van der Waals surface area (Å²) in [5, 5.41) is 11.2. The van der Waals surface area contributed by atoms with Crippen molar-refractivity contribution in [3.63, 3.8) is 0 Å². The highest BCUT2D eigenvalue weighted by Crippen LogP contribution is 2.24. The van der Waals surface area contributed by atoms with Crippen LogP contribution in [0.2, 0.25) is 0 Å². The summed E-state index contributed by atoms with van der Waals surface area (Å²) in [7, 11) is -2.79. The number of primary amides is 1. The molecule has 0 radical (unpaired) electrons. The van der Waals surface area contributed by atoms with Gasteiger partial charge in [0.2, 0.25) is 15.9 Å². The lowest BCUT2D eigenvalue weighted by Crippen LogP contribution is -2.59. The van der Waals surface area contributed by atoms with Crippen LogP contribution in [0, 0.1) is 19.8 Å². The number of halogens is 3. The number of carboxylic acid groups (broad SMARTS) is 1. The van der Waals surface area contributed by atoms with Crippen molar-refractivity contribution in [3.8, 4) is 5.69 Å². The topological polar surface area (TPSA) is 186 Å². The fraction of sp³-hybridized carbons (Fsp3) is 0.438. The smallest absolute Gasteiger partial charge is 0.475 e. The van der Waals surface area contributed by atoms with Crippen LogP contribution in [-0.2, 0) is 30.8 Å². The van der Waals surface area contributed by atoms with Crippen LogP contribution >= 0.6 is 0 Å². The molecule has 0 aliphatic heterocycles. The van der Waals surface area contributed by atoms with Crippen molar-refractivity contribution in [1.29, 1.82) is 0 Å². The SMILES string of the molecule is CCCCS(=O)(=O)N(C(=O)[C@H](Cc1ccc(-n2cncn2)cc1)N(C)C(=O)c1cc(C)cc(C)c1)[C@H](C(N)=O)C(C)C.O=C(O)C(F)(F)F. The highest BCUT2D eigenvalue weighted by molar-refractivity contribution is 7.89. The van der Waals surface area contributed by atoms with Crippen LogP contribution in [0.3, 0.4) is 0 Å². The van der Waals surface area contributed by atoms with Gasteiger partial charge in [-0.3, -0.25) is 14.4 Å². The number of carboxylic acids is 1. The van der Waals surface area contributed by atoms with E-state index in [4.69, 9.17) is 15.6 Å². The minimum Gasteiger partial charge on any atom is -0.475 e. The third-order valence-corrected chi connectivity index (χ3v) is 9.09. The van der Waals surface area contributed by atoms with Crippen molar-refractivity contribution in [3.05, 3.63) is 77.4 Å². The molecule has 268 valence electrons. The number of amides is 3. The molecule has 13 nitrogen and oxygen atoms in total. The van der Waals surface area contributed by atoms with E-state index >= 15 is 0 Å². The third-order valence-electron chi connectivity index (χ3n) is 7.28. The molecule has 3 N–H and O–H groups in total. The van der Waals surface area contributed by atoms with Gasteiger partial charge < -0.3 is 15.7 Å². The average Bonchev–Trinajstić information content (AvgIpc) is 3.55. The maximum atomic E-state index is 14.4. The molecule has 0 fully saturated rings. The van der Waals surface area contributed by atoms with E-state index in [-0.39, 0.29) is 12.2 Å². The van der Waals surface area contributed by atoms with Gasteiger partial charge in [0.1, 0.15) is 24.7 Å². The summed E-state index contributed by atoms with van der Waals surface area (Å²) in [6.45, 7) is 8.83. The van der Waals surface area contributed by atoms with Gasteiger partial charge in [0, 0.05) is 19.0 Å². The molecule has 2 atom stereocenters. The Morgan fingerprint density at radius 2 is 1.57 bits per heavy atom. The van der Waals surface area contributed by atoms with E-state index in [0.717, 1.165) is 16.8 Å². The number of aromatic nitrogens is 3. The first-order chi connectivity index (χ1) is 22.7. The molecule has 0 unspecified atom stereocenters. The number of hydrogen-bond acceptors (Lipinski definition) is 8. The minimum absolute atomic E-state index is 0.00706. The van der Waals surface area contributed by atoms with E-state index in [1.54, 1.807) is 61.3 Å². The average molecular weight is 711 g/mol. The molecule has 3 amide bonds. The third kappa shape index (κ3) is 11.1. The standard InChI is InChI=1S/C30H40N6O5S.C2HF3O2/c1-7-8-13-42(40,41)36(27(20(2)3)28(31)37)30(39)26(34(6)29(38)24-15-21(4)14-22(5)16-24)17-23-9-11-25(12-10-23)35-19-32-18-33-35;3-2(4,5)1(6)7/h9-12,14-16,18-20,26-27H,7-8,13,17H2,1-6H3,(H2,31,37);(H,6,7)/t26-,27-;/m0./s1. The Labute approximate surface area is 283 Å². The molecule has 0 aliphatic carbocycles. The molecular weight excluding hydrogens is 669 g/mol. The van der Waals surface area contributed by atoms with Crippen LogP contribution in [0.4, 0.5) is 13.2 Å². The Bertz CT molecular complexity index is 1690. The highest BCUT2D eigenvalue weighted by Gasteiger charge is 2.44. The summed E-state index contributed by atoms with van der Waals surface area (Å²) in [6.07, 6.45) is -1.27. The number of nitrogens with two attached hydrogens (primary N) is 1. The summed E-state index contributed by atoms with van der Waals surface area (Å²) in [5.74, 6) is -5.95. The van der Waals surface area contributed by atoms with Crippen molar-refractivity contribution >= 4 is 33.7 Å². The lowest BCUT2D eigenvalue weighted by molar-refractivity contribution is -0.192. The Kier molecular flexibility index (Phi) is 14.0. The number of hydrogen-bond donors (Lipinski definition) is 2. The number of aryl methyl sites for hydroxylation is 2. The van der Waals surface area contributed by atoms with E-state index in [1.165, 1.54) is 18.3 Å². The summed E-state index contributed by atoms with van der Waals surface area (Å²) in [5.41, 5.74) is 9.20. The monoisotopic (exact) mass is 710 g/mol. The predicted octanol–water partition coefficient (Wildman–Crippen LogP) is 3.67. The van der Waals surface area contributed by atoms with Crippen LogP contribution in [0.15, 0.2) is 55.1 Å². The van der Waals surface area contributed by atoms with Gasteiger partial charge in [-0.2, -0.15) is 18.3 Å². The van der Waals surface area contributed by atoms with Gasteiger partial charge in [0.05, 0.1) is 11.4 Å². The van der Waals surface area contributed by atoms with E-state index in [1.807, 2.05) is 26.8 Å². The number of carbonyl (C=O) groups is 4. The van der Waals surface area contributed by atoms with Crippen molar-refractivity contribution in [2.24, 2.45) is 11.7 Å². The van der Waals surface area contributed by atoms with E-state index < -0.39 is 57.9 Å². The lowest BCUT2D eigenvalue weighted by Gasteiger charge is -2.36. The van der Waals surface area contributed by atoms with Crippen molar-refractivity contribution in [1.82, 2.24) is 24.0 Å². The van der Waals surface area contributed by atoms with Crippen LogP contribution < -0.4 is 5.73 Å². The van der Waals surface area contributed by atoms with Crippen LogP contribution in [0.5, 0.6) is 0 Å². The first kappa shape index (κ1) is 40.4. The van der Waals surface area contributed by atoms with Gasteiger partial charge >= 0.3 is 12.1 Å². The van der Waals surface area contributed by atoms with E-state index in [9.17, 15) is 36.0 Å². The van der Waals surface area contributed by atoms with Gasteiger partial charge in [-0.05, 0) is 56.0 Å². The van der Waals surface area contributed by atoms with E-state index in [0.29, 0.717) is 28.3 Å². The van der Waals surface area contributed by atoms with Crippen LogP contribution in [0.25, 0.3) is 5.69 Å². The molecule has 0 saturated carbocycles. The lowest BCUT2D eigenvalue weighted by atomic mass is 9.99. The summed E-state index contributed by atoms with van der Waals surface area (Å²) in [6, 6.07) is 9.81. The fourth-order valence-corrected chi connectivity index (χ4v) is 6.86. The number of benzene rings is 2. The number of unbranched alkanes of at least 4 members (excludes halogenated alkanes) is 1. The summed E-state index contributed by atoms with van der Waals surface area (Å²) in [4.78, 5) is 54.9. The van der Waals surface area contributed by atoms with Gasteiger partial charge in [-0.25, -0.2) is 27.2 Å². The van der Waals surface area contributed by atoms with Crippen molar-refractivity contribution < 1.29 is 45.9 Å². The Morgan fingerprint density at radius 3 is 2.00 bits per heavy atom. The maximum Gasteiger partial charge on any atom is 0.490 e.